The van der Waals surface area contributed by atoms with E-state index >= 15 is 0 Å². The third kappa shape index (κ3) is 19.8. The molecule has 0 atom stereocenters. The standard InChI is InChI=1S/4GeH5.Mo/h4*1H5;/q4*-1;+4. The fourth-order valence-electron chi connectivity index (χ4n) is 0. The minimum Gasteiger partial charge on any atom is 4.00 e. The zero-order chi connectivity index (χ0) is 0. The fourth-order valence-corrected chi connectivity index (χ4v) is 0. The summed E-state index contributed by atoms with van der Waals surface area (Å²) in [6.45, 7) is 0. The second-order valence-corrected chi connectivity index (χ2v) is 0. The van der Waals surface area contributed by atoms with Crippen LogP contribution in [0, 0.1) is 0 Å². The van der Waals surface area contributed by atoms with E-state index in [0.29, 0.717) is 0 Å². The average Bonchev–Trinajstić information content (AvgIpc) is 0. The molecule has 0 radical (unpaired) electrons. The summed E-state index contributed by atoms with van der Waals surface area (Å²) < 4.78 is 0. The van der Waals surface area contributed by atoms with Gasteiger partial charge in [0.1, 0.15) is 0 Å². The van der Waals surface area contributed by atoms with Gasteiger partial charge in [-0.15, -0.1) is 0 Å². The number of hydrogen-bond acceptors (Lipinski definition) is 0. The molecule has 0 rings (SSSR count). The Morgan fingerprint density at radius 3 is 0.400 bits per heavy atom. The largest absolute Gasteiger partial charge is 4.00 e. The SMILES string of the molecule is [GeH5-].[GeH5-].[GeH5-].[GeH5-].[Mo+4]. The average molecular weight is 407 g/mol. The van der Waals surface area contributed by atoms with E-state index in [1.807, 2.05) is 0 Å². The molecule has 0 fully saturated rings. The zero-order valence-corrected chi connectivity index (χ0v) is 2.42. The van der Waals surface area contributed by atoms with E-state index in [-0.39, 0.29) is 91.5 Å². The van der Waals surface area contributed by atoms with Gasteiger partial charge in [-0.2, -0.15) is 0 Å². The molecule has 0 aliphatic carbocycles. The Hall–Kier alpha value is 2.86. The first-order chi connectivity index (χ1) is 0. The smallest absolute Gasteiger partial charge is 4.00 e. The van der Waals surface area contributed by atoms with Crippen molar-refractivity contribution in [3.05, 3.63) is 0 Å². The molecule has 0 aromatic carbocycles. The van der Waals surface area contributed by atoms with Crippen LogP contribution in [0.5, 0.6) is 0 Å². The van der Waals surface area contributed by atoms with Gasteiger partial charge in [0.05, 0.1) is 0 Å². The first kappa shape index (κ1) is 45.2. The molecule has 0 heterocycles. The van der Waals surface area contributed by atoms with E-state index in [0.717, 1.165) is 0 Å². The Morgan fingerprint density at radius 1 is 0.400 bits per heavy atom. The van der Waals surface area contributed by atoms with Crippen LogP contribution in [0.2, 0.25) is 0 Å². The third-order valence-electron chi connectivity index (χ3n) is 0. The molecule has 0 amide bonds. The molecule has 0 saturated carbocycles. The van der Waals surface area contributed by atoms with E-state index < -0.39 is 0 Å². The molecule has 5 heavy (non-hydrogen) atoms. The van der Waals surface area contributed by atoms with Crippen molar-refractivity contribution in [2.24, 2.45) is 0 Å². The van der Waals surface area contributed by atoms with Gasteiger partial charge in [0.15, 0.2) is 0 Å². The van der Waals surface area contributed by atoms with Gasteiger partial charge in [-0.25, -0.2) is 0 Å². The van der Waals surface area contributed by atoms with Crippen molar-refractivity contribution < 1.29 is 21.1 Å². The molecule has 0 N–H and O–H groups in total. The molecular weight excluding hydrogens is 386 g/mol. The summed E-state index contributed by atoms with van der Waals surface area (Å²) in [4.78, 5) is 0. The summed E-state index contributed by atoms with van der Waals surface area (Å²) in [7, 11) is 0. The molecule has 5 heteroatoms. The van der Waals surface area contributed by atoms with Gasteiger partial charge in [0.25, 0.3) is 0 Å². The molecule has 0 unspecified atom stereocenters. The second-order valence-electron chi connectivity index (χ2n) is 0. The molecule has 0 bridgehead atoms. The Labute approximate surface area is 90.1 Å². The van der Waals surface area contributed by atoms with Crippen LogP contribution in [-0.4, -0.2) is 70.4 Å². The summed E-state index contributed by atoms with van der Waals surface area (Å²) in [5.41, 5.74) is 0. The molecule has 0 spiro atoms. The quantitative estimate of drug-likeness (QED) is 0.351. The van der Waals surface area contributed by atoms with Gasteiger partial charge < -0.3 is 0 Å². The summed E-state index contributed by atoms with van der Waals surface area (Å²) >= 11 is 0. The molecule has 0 nitrogen and oxygen atoms in total. The molecule has 0 aromatic heterocycles. The summed E-state index contributed by atoms with van der Waals surface area (Å²) in [5, 5.41) is 0. The van der Waals surface area contributed by atoms with Crippen molar-refractivity contribution in [2.45, 2.75) is 0 Å². The number of hydrogen-bond donors (Lipinski definition) is 0. The topological polar surface area (TPSA) is 0 Å². The summed E-state index contributed by atoms with van der Waals surface area (Å²) in [6, 6.07) is 0. The molecule has 0 saturated heterocycles. The first-order valence-electron chi connectivity index (χ1n) is 0. The summed E-state index contributed by atoms with van der Waals surface area (Å²) in [6.07, 6.45) is 0. The van der Waals surface area contributed by atoms with Crippen molar-refractivity contribution in [2.75, 3.05) is 0 Å². The van der Waals surface area contributed by atoms with Crippen LogP contribution in [0.3, 0.4) is 0 Å². The van der Waals surface area contributed by atoms with Gasteiger partial charge in [0.2, 0.25) is 0 Å². The van der Waals surface area contributed by atoms with Crippen molar-refractivity contribution in [1.29, 1.82) is 0 Å². The van der Waals surface area contributed by atoms with Crippen LogP contribution in [0.25, 0.3) is 0 Å². The number of rotatable bonds is 0. The van der Waals surface area contributed by atoms with Crippen LogP contribution in [0.4, 0.5) is 0 Å². The van der Waals surface area contributed by atoms with Crippen molar-refractivity contribution in [3.8, 4) is 0 Å². The maximum Gasteiger partial charge on any atom is 4.00 e. The van der Waals surface area contributed by atoms with E-state index in [1.54, 1.807) is 0 Å². The Morgan fingerprint density at radius 2 is 0.400 bits per heavy atom. The van der Waals surface area contributed by atoms with E-state index in [4.69, 9.17) is 0 Å². The van der Waals surface area contributed by atoms with E-state index in [9.17, 15) is 0 Å². The first-order valence-corrected chi connectivity index (χ1v) is 0. The fraction of sp³-hybridized carbons (Fsp3) is 0. The van der Waals surface area contributed by atoms with Gasteiger partial charge in [-0.05, 0) is 0 Å². The van der Waals surface area contributed by atoms with Crippen molar-refractivity contribution in [3.63, 3.8) is 0 Å². The normalized spacial score (nSPS) is 0. The predicted molar refractivity (Wildman–Crippen MR) is 50.9 cm³/mol. The van der Waals surface area contributed by atoms with Gasteiger partial charge in [-0.1, -0.05) is 0 Å². The van der Waals surface area contributed by atoms with E-state index in [2.05, 4.69) is 0 Å². The minimum absolute atomic E-state index is 0. The van der Waals surface area contributed by atoms with Crippen molar-refractivity contribution in [1.82, 2.24) is 0 Å². The minimum atomic E-state index is 0. The molecule has 0 aliphatic rings. The Balaban J connectivity index is 0. The van der Waals surface area contributed by atoms with Gasteiger partial charge in [0, 0.05) is 0 Å². The molecular formula is H20Ge4Mo. The van der Waals surface area contributed by atoms with E-state index in [1.165, 1.54) is 0 Å². The third-order valence-corrected chi connectivity index (χ3v) is 0. The second kappa shape index (κ2) is 28.8. The Kier molecular flexibility index (Phi) is 261. The van der Waals surface area contributed by atoms with Crippen molar-refractivity contribution >= 4 is 70.4 Å². The Bertz CT molecular complexity index is 3.61. The predicted octanol–water partition coefficient (Wildman–Crippen LogP) is -6.88. The monoisotopic (exact) mass is 414 g/mol. The molecule has 42 valence electrons. The zero-order valence-electron chi connectivity index (χ0n) is 0.408. The van der Waals surface area contributed by atoms with Crippen LogP contribution >= 0.6 is 0 Å². The van der Waals surface area contributed by atoms with Crippen LogP contribution in [0.15, 0.2) is 0 Å². The summed E-state index contributed by atoms with van der Waals surface area (Å²) in [5.74, 6) is 0. The molecule has 0 aliphatic heterocycles. The maximum atomic E-state index is 0. The van der Waals surface area contributed by atoms with Crippen LogP contribution in [0.1, 0.15) is 0 Å². The van der Waals surface area contributed by atoms with Crippen LogP contribution in [-0.2, 0) is 21.1 Å². The van der Waals surface area contributed by atoms with Gasteiger partial charge in [-0.3, -0.25) is 0 Å². The molecule has 0 aromatic rings. The van der Waals surface area contributed by atoms with Crippen LogP contribution < -0.4 is 0 Å². The maximum absolute atomic E-state index is 0. The van der Waals surface area contributed by atoms with Gasteiger partial charge >= 0.3 is 91.5 Å².